The Kier molecular flexibility index (Phi) is 4.96. The average molecular weight is 299 g/mol. The van der Waals surface area contributed by atoms with Crippen molar-refractivity contribution in [3.05, 3.63) is 21.9 Å². The summed E-state index contributed by atoms with van der Waals surface area (Å²) in [6.45, 7) is 1.80. The molecule has 0 spiro atoms. The molecular weight excluding hydrogens is 282 g/mol. The van der Waals surface area contributed by atoms with Crippen LogP contribution in [0.1, 0.15) is 23.3 Å². The standard InChI is InChI=1S/C12H17N3O2S2/c13-6-3-4-11-5-9-18-12(11)10-14-19(16,17)15-7-1-2-8-15/h5,9,14H,1-2,6-8,10,13H2. The molecule has 104 valence electrons. The molecule has 19 heavy (non-hydrogen) atoms. The predicted octanol–water partition coefficient (Wildman–Crippen LogP) is 0.489. The molecule has 1 fully saturated rings. The van der Waals surface area contributed by atoms with E-state index in [4.69, 9.17) is 5.73 Å². The number of hydrogen-bond acceptors (Lipinski definition) is 4. The maximum atomic E-state index is 12.0. The van der Waals surface area contributed by atoms with Crippen molar-refractivity contribution in [2.45, 2.75) is 19.4 Å². The van der Waals surface area contributed by atoms with E-state index < -0.39 is 10.2 Å². The molecule has 1 aliphatic heterocycles. The van der Waals surface area contributed by atoms with Gasteiger partial charge in [-0.15, -0.1) is 11.3 Å². The Morgan fingerprint density at radius 1 is 1.42 bits per heavy atom. The van der Waals surface area contributed by atoms with E-state index in [0.29, 0.717) is 19.6 Å². The van der Waals surface area contributed by atoms with Crippen LogP contribution in [0.3, 0.4) is 0 Å². The highest BCUT2D eigenvalue weighted by Gasteiger charge is 2.24. The molecule has 0 aromatic carbocycles. The van der Waals surface area contributed by atoms with Crippen molar-refractivity contribution in [3.8, 4) is 11.8 Å². The molecule has 1 aromatic rings. The van der Waals surface area contributed by atoms with Crippen molar-refractivity contribution >= 4 is 21.5 Å². The SMILES string of the molecule is NCC#Cc1ccsc1CNS(=O)(=O)N1CCCC1. The zero-order valence-corrected chi connectivity index (χ0v) is 12.2. The predicted molar refractivity (Wildman–Crippen MR) is 76.8 cm³/mol. The van der Waals surface area contributed by atoms with Gasteiger partial charge in [0, 0.05) is 30.1 Å². The lowest BCUT2D eigenvalue weighted by molar-refractivity contribution is 0.465. The van der Waals surface area contributed by atoms with Crippen molar-refractivity contribution in [2.24, 2.45) is 5.73 Å². The Hall–Kier alpha value is -0.910. The Balaban J connectivity index is 2.00. The molecule has 7 heteroatoms. The fourth-order valence-corrected chi connectivity index (χ4v) is 4.02. The Morgan fingerprint density at radius 3 is 2.84 bits per heavy atom. The first-order valence-corrected chi connectivity index (χ1v) is 8.45. The van der Waals surface area contributed by atoms with Crippen LogP contribution in [0.25, 0.3) is 0 Å². The molecule has 0 aliphatic carbocycles. The van der Waals surface area contributed by atoms with Gasteiger partial charge in [-0.05, 0) is 24.3 Å². The van der Waals surface area contributed by atoms with Crippen molar-refractivity contribution in [1.82, 2.24) is 9.03 Å². The normalized spacial score (nSPS) is 16.3. The number of nitrogens with one attached hydrogen (secondary N) is 1. The number of thiophene rings is 1. The number of nitrogens with two attached hydrogens (primary N) is 1. The molecule has 0 radical (unpaired) electrons. The largest absolute Gasteiger partial charge is 0.320 e. The van der Waals surface area contributed by atoms with E-state index in [0.717, 1.165) is 23.3 Å². The molecule has 0 unspecified atom stereocenters. The summed E-state index contributed by atoms with van der Waals surface area (Å²) in [5, 5.41) is 1.90. The van der Waals surface area contributed by atoms with Gasteiger partial charge in [0.1, 0.15) is 0 Å². The molecule has 2 rings (SSSR count). The summed E-state index contributed by atoms with van der Waals surface area (Å²) in [6.07, 6.45) is 1.88. The van der Waals surface area contributed by atoms with Gasteiger partial charge < -0.3 is 5.73 Å². The molecule has 0 bridgehead atoms. The number of nitrogens with zero attached hydrogens (tertiary/aromatic N) is 1. The Morgan fingerprint density at radius 2 is 2.16 bits per heavy atom. The van der Waals surface area contributed by atoms with Crippen molar-refractivity contribution in [3.63, 3.8) is 0 Å². The van der Waals surface area contributed by atoms with Crippen LogP contribution >= 0.6 is 11.3 Å². The molecule has 5 nitrogen and oxygen atoms in total. The summed E-state index contributed by atoms with van der Waals surface area (Å²) in [7, 11) is -3.36. The summed E-state index contributed by atoms with van der Waals surface area (Å²) in [4.78, 5) is 0.920. The van der Waals surface area contributed by atoms with E-state index in [-0.39, 0.29) is 6.54 Å². The summed E-state index contributed by atoms with van der Waals surface area (Å²) < 4.78 is 28.2. The van der Waals surface area contributed by atoms with Crippen molar-refractivity contribution in [2.75, 3.05) is 19.6 Å². The first-order valence-electron chi connectivity index (χ1n) is 6.13. The van der Waals surface area contributed by atoms with E-state index >= 15 is 0 Å². The molecule has 0 atom stereocenters. The highest BCUT2D eigenvalue weighted by atomic mass is 32.2. The molecule has 2 heterocycles. The molecule has 0 amide bonds. The third-order valence-corrected chi connectivity index (χ3v) is 5.37. The van der Waals surface area contributed by atoms with Gasteiger partial charge in [-0.3, -0.25) is 0 Å². The van der Waals surface area contributed by atoms with E-state index in [9.17, 15) is 8.42 Å². The van der Waals surface area contributed by atoms with Gasteiger partial charge in [0.15, 0.2) is 0 Å². The van der Waals surface area contributed by atoms with Crippen molar-refractivity contribution < 1.29 is 8.42 Å². The topological polar surface area (TPSA) is 75.4 Å². The van der Waals surface area contributed by atoms with E-state index in [1.165, 1.54) is 15.6 Å². The van der Waals surface area contributed by atoms with Crippen LogP contribution in [0.2, 0.25) is 0 Å². The Labute approximate surface area is 118 Å². The van der Waals surface area contributed by atoms with Crippen LogP contribution in [0.15, 0.2) is 11.4 Å². The first kappa shape index (κ1) is 14.5. The van der Waals surface area contributed by atoms with Crippen LogP contribution in [0.5, 0.6) is 0 Å². The summed E-state index contributed by atoms with van der Waals surface area (Å²) in [5.41, 5.74) is 6.18. The van der Waals surface area contributed by atoms with Gasteiger partial charge in [0.25, 0.3) is 10.2 Å². The molecule has 0 saturated carbocycles. The first-order chi connectivity index (χ1) is 9.13. The van der Waals surface area contributed by atoms with Crippen LogP contribution in [0.4, 0.5) is 0 Å². The lowest BCUT2D eigenvalue weighted by atomic mass is 10.2. The second-order valence-electron chi connectivity index (χ2n) is 4.20. The van der Waals surface area contributed by atoms with Gasteiger partial charge in [-0.1, -0.05) is 11.8 Å². The maximum Gasteiger partial charge on any atom is 0.279 e. The highest BCUT2D eigenvalue weighted by Crippen LogP contribution is 2.17. The zero-order valence-electron chi connectivity index (χ0n) is 10.6. The van der Waals surface area contributed by atoms with Gasteiger partial charge in [-0.25, -0.2) is 0 Å². The third kappa shape index (κ3) is 3.78. The van der Waals surface area contributed by atoms with Crippen LogP contribution in [0, 0.1) is 11.8 Å². The molecule has 1 saturated heterocycles. The van der Waals surface area contributed by atoms with Gasteiger partial charge in [0.2, 0.25) is 0 Å². The second-order valence-corrected chi connectivity index (χ2v) is 6.95. The minimum absolute atomic E-state index is 0.283. The number of hydrogen-bond donors (Lipinski definition) is 2. The van der Waals surface area contributed by atoms with E-state index in [1.54, 1.807) is 0 Å². The van der Waals surface area contributed by atoms with Crippen molar-refractivity contribution in [1.29, 1.82) is 0 Å². The third-order valence-electron chi connectivity index (χ3n) is 2.89. The lowest BCUT2D eigenvalue weighted by Gasteiger charge is -2.15. The Bertz CT molecular complexity index is 578. The smallest absolute Gasteiger partial charge is 0.279 e. The zero-order chi connectivity index (χ0) is 13.7. The van der Waals surface area contributed by atoms with Crippen LogP contribution in [-0.4, -0.2) is 32.4 Å². The summed E-state index contributed by atoms with van der Waals surface area (Å²) in [5.74, 6) is 5.73. The summed E-state index contributed by atoms with van der Waals surface area (Å²) in [6, 6.07) is 1.88. The minimum atomic E-state index is -3.36. The molecule has 3 N–H and O–H groups in total. The number of rotatable bonds is 4. The monoisotopic (exact) mass is 299 g/mol. The summed E-state index contributed by atoms with van der Waals surface area (Å²) >= 11 is 1.49. The van der Waals surface area contributed by atoms with Gasteiger partial charge in [0.05, 0.1) is 6.54 Å². The van der Waals surface area contributed by atoms with Gasteiger partial charge in [-0.2, -0.15) is 17.4 Å². The molecular formula is C12H17N3O2S2. The highest BCUT2D eigenvalue weighted by molar-refractivity contribution is 7.87. The average Bonchev–Trinajstić information content (AvgIpc) is 3.05. The van der Waals surface area contributed by atoms with E-state index in [2.05, 4.69) is 16.6 Å². The fourth-order valence-electron chi connectivity index (χ4n) is 1.91. The molecule has 1 aromatic heterocycles. The fraction of sp³-hybridized carbons (Fsp3) is 0.500. The van der Waals surface area contributed by atoms with Gasteiger partial charge >= 0.3 is 0 Å². The maximum absolute atomic E-state index is 12.0. The minimum Gasteiger partial charge on any atom is -0.320 e. The molecule has 1 aliphatic rings. The van der Waals surface area contributed by atoms with Crippen LogP contribution < -0.4 is 10.5 Å². The van der Waals surface area contributed by atoms with E-state index in [1.807, 2.05) is 11.4 Å². The quantitative estimate of drug-likeness (QED) is 0.795. The second kappa shape index (κ2) is 6.50. The lowest BCUT2D eigenvalue weighted by Crippen LogP contribution is -2.38. The van der Waals surface area contributed by atoms with Crippen LogP contribution in [-0.2, 0) is 16.8 Å².